The Morgan fingerprint density at radius 3 is 2.45 bits per heavy atom. The van der Waals surface area contributed by atoms with Gasteiger partial charge in [0.25, 0.3) is 0 Å². The lowest BCUT2D eigenvalue weighted by Crippen LogP contribution is -2.50. The number of hydrogen-bond donors (Lipinski definition) is 2. The van der Waals surface area contributed by atoms with Gasteiger partial charge in [-0.15, -0.1) is 10.2 Å². The van der Waals surface area contributed by atoms with E-state index in [-0.39, 0.29) is 38.3 Å². The number of amides is 2. The van der Waals surface area contributed by atoms with Gasteiger partial charge in [-0.2, -0.15) is 13.2 Å². The molecule has 0 bridgehead atoms. The van der Waals surface area contributed by atoms with Crippen LogP contribution in [-0.4, -0.2) is 67.2 Å². The Morgan fingerprint density at radius 1 is 1.02 bits per heavy atom. The lowest BCUT2D eigenvalue weighted by molar-refractivity contribution is -0.245. The molecule has 3 heterocycles. The van der Waals surface area contributed by atoms with Crippen LogP contribution in [0.15, 0.2) is 84.3 Å². The number of aliphatic hydroxyl groups excluding tert-OH is 1. The molecule has 3 aromatic carbocycles. The number of aliphatic hydroxyl groups is 1. The summed E-state index contributed by atoms with van der Waals surface area (Å²) in [6.07, 6.45) is -3.31. The maximum absolute atomic E-state index is 13.1. The topological polar surface area (TPSA) is 119 Å². The molecule has 4 unspecified atom stereocenters. The number of rotatable bonds is 10. The van der Waals surface area contributed by atoms with E-state index in [1.807, 2.05) is 84.4 Å². The molecule has 2 N–H and O–H groups in total. The molecule has 4 aromatic rings. The van der Waals surface area contributed by atoms with Gasteiger partial charge in [-0.3, -0.25) is 9.59 Å². The highest BCUT2D eigenvalue weighted by atomic mass is 32.2. The van der Waals surface area contributed by atoms with E-state index in [0.717, 1.165) is 38.5 Å². The molecule has 10 nitrogen and oxygen atoms in total. The minimum atomic E-state index is -5.03. The number of thioether (sulfide) groups is 1. The third-order valence-corrected chi connectivity index (χ3v) is 9.87. The number of alkyl halides is 3. The molecule has 2 fully saturated rings. The average Bonchev–Trinajstić information content (AvgIpc) is 3.78. The van der Waals surface area contributed by atoms with Gasteiger partial charge in [-0.05, 0) is 40.7 Å². The van der Waals surface area contributed by atoms with Gasteiger partial charge in [0, 0.05) is 37.9 Å². The Balaban J connectivity index is 1.16. The summed E-state index contributed by atoms with van der Waals surface area (Å²) in [6, 6.07) is 21.7. The minimum absolute atomic E-state index is 0.0432. The molecule has 2 aliphatic rings. The van der Waals surface area contributed by atoms with E-state index >= 15 is 0 Å². The Bertz CT molecular complexity index is 1750. The van der Waals surface area contributed by atoms with Gasteiger partial charge in [-0.1, -0.05) is 84.6 Å². The molecular weight excluding hydrogens is 659 g/mol. The molecule has 4 atom stereocenters. The number of likely N-dealkylation sites (tertiary alicyclic amines) is 1. The van der Waals surface area contributed by atoms with E-state index in [4.69, 9.17) is 9.47 Å². The number of nitrogens with one attached hydrogen (secondary N) is 1. The van der Waals surface area contributed by atoms with Crippen LogP contribution in [0.4, 0.5) is 13.2 Å². The molecule has 258 valence electrons. The van der Waals surface area contributed by atoms with Crippen LogP contribution in [0.1, 0.15) is 53.9 Å². The second-order valence-electron chi connectivity index (χ2n) is 12.0. The average molecular weight is 696 g/mol. The number of ether oxygens (including phenoxy) is 2. The van der Waals surface area contributed by atoms with Crippen molar-refractivity contribution >= 4 is 23.6 Å². The van der Waals surface area contributed by atoms with Gasteiger partial charge in [0.2, 0.25) is 5.91 Å². The summed E-state index contributed by atoms with van der Waals surface area (Å²) in [4.78, 5) is 25.4. The molecule has 1 aromatic heterocycles. The first-order valence-corrected chi connectivity index (χ1v) is 16.9. The molecule has 49 heavy (non-hydrogen) atoms. The fourth-order valence-electron chi connectivity index (χ4n) is 6.11. The predicted molar refractivity (Wildman–Crippen MR) is 175 cm³/mol. The summed E-state index contributed by atoms with van der Waals surface area (Å²) >= 11 is 1.56. The molecule has 2 amide bonds. The van der Waals surface area contributed by atoms with E-state index in [1.165, 1.54) is 0 Å². The number of hydrogen-bond acceptors (Lipinski definition) is 8. The summed E-state index contributed by atoms with van der Waals surface area (Å²) in [5.41, 5.74) is 5.09. The zero-order chi connectivity index (χ0) is 34.5. The highest BCUT2D eigenvalue weighted by molar-refractivity contribution is 7.99. The molecule has 0 aliphatic carbocycles. The summed E-state index contributed by atoms with van der Waals surface area (Å²) in [7, 11) is 1.89. The predicted octanol–water partition coefficient (Wildman–Crippen LogP) is 5.48. The summed E-state index contributed by atoms with van der Waals surface area (Å²) in [6.45, 7) is -0.0675. The van der Waals surface area contributed by atoms with Crippen molar-refractivity contribution in [3.63, 3.8) is 0 Å². The number of halogens is 3. The van der Waals surface area contributed by atoms with Crippen molar-refractivity contribution in [2.75, 3.05) is 12.3 Å². The van der Waals surface area contributed by atoms with E-state index in [2.05, 4.69) is 15.5 Å². The zero-order valence-corrected chi connectivity index (χ0v) is 27.5. The van der Waals surface area contributed by atoms with Crippen LogP contribution in [0.2, 0.25) is 0 Å². The monoisotopic (exact) mass is 695 g/mol. The first-order valence-electron chi connectivity index (χ1n) is 15.9. The van der Waals surface area contributed by atoms with Crippen molar-refractivity contribution < 1.29 is 37.3 Å². The lowest BCUT2D eigenvalue weighted by atomic mass is 9.97. The Hall–Kier alpha value is -4.24. The van der Waals surface area contributed by atoms with Crippen LogP contribution in [0.5, 0.6) is 0 Å². The van der Waals surface area contributed by atoms with E-state index in [9.17, 15) is 27.9 Å². The quantitative estimate of drug-likeness (QED) is 0.210. The number of aryl methyl sites for hydroxylation is 1. The third kappa shape index (κ3) is 8.15. The number of carbonyl (C=O) groups is 2. The van der Waals surface area contributed by atoms with Crippen LogP contribution in [0.25, 0.3) is 11.1 Å². The van der Waals surface area contributed by atoms with Gasteiger partial charge in [0.05, 0.1) is 18.8 Å². The summed E-state index contributed by atoms with van der Waals surface area (Å²) in [5, 5.41) is 21.1. The normalized spacial score (nSPS) is 21.1. The SMILES string of the molecule is Cn1cnnc1SCC1CC(c2ccc(CO)cc2)OC(c2ccc(-c3ccccc3CNC(=O)C3CCCN3C(=O)C(F)(F)F)cc2)O1. The summed E-state index contributed by atoms with van der Waals surface area (Å²) < 4.78 is 54.0. The molecular formula is C35H36F3N5O5S. The van der Waals surface area contributed by atoms with E-state index in [1.54, 1.807) is 18.1 Å². The van der Waals surface area contributed by atoms with Crippen molar-refractivity contribution in [2.45, 2.75) is 68.3 Å². The molecule has 0 radical (unpaired) electrons. The van der Waals surface area contributed by atoms with Gasteiger partial charge >= 0.3 is 12.1 Å². The Kier molecular flexibility index (Phi) is 10.7. The van der Waals surface area contributed by atoms with Gasteiger partial charge < -0.3 is 29.4 Å². The minimum Gasteiger partial charge on any atom is -0.392 e. The first-order chi connectivity index (χ1) is 23.6. The van der Waals surface area contributed by atoms with Crippen LogP contribution in [0, 0.1) is 0 Å². The fraction of sp³-hybridized carbons (Fsp3) is 0.371. The van der Waals surface area contributed by atoms with Crippen molar-refractivity contribution in [1.29, 1.82) is 0 Å². The highest BCUT2D eigenvalue weighted by Crippen LogP contribution is 2.40. The molecule has 2 saturated heterocycles. The van der Waals surface area contributed by atoms with Crippen LogP contribution in [-0.2, 0) is 39.3 Å². The molecule has 0 saturated carbocycles. The fourth-order valence-corrected chi connectivity index (χ4v) is 7.02. The number of aromatic nitrogens is 3. The first kappa shape index (κ1) is 34.6. The van der Waals surface area contributed by atoms with E-state index < -0.39 is 30.3 Å². The van der Waals surface area contributed by atoms with Crippen LogP contribution in [0.3, 0.4) is 0 Å². The maximum Gasteiger partial charge on any atom is 0.471 e. The van der Waals surface area contributed by atoms with Crippen molar-refractivity contribution in [2.24, 2.45) is 7.05 Å². The molecule has 6 rings (SSSR count). The van der Waals surface area contributed by atoms with Gasteiger partial charge in [0.15, 0.2) is 11.4 Å². The Morgan fingerprint density at radius 2 is 1.76 bits per heavy atom. The van der Waals surface area contributed by atoms with E-state index in [0.29, 0.717) is 23.5 Å². The second kappa shape index (κ2) is 15.1. The maximum atomic E-state index is 13.1. The van der Waals surface area contributed by atoms with Gasteiger partial charge in [0.1, 0.15) is 12.4 Å². The highest BCUT2D eigenvalue weighted by Gasteiger charge is 2.47. The number of benzene rings is 3. The van der Waals surface area contributed by atoms with Crippen molar-refractivity contribution in [3.05, 3.63) is 101 Å². The van der Waals surface area contributed by atoms with Gasteiger partial charge in [-0.25, -0.2) is 0 Å². The van der Waals surface area contributed by atoms with Crippen LogP contribution < -0.4 is 5.32 Å². The largest absolute Gasteiger partial charge is 0.471 e. The lowest BCUT2D eigenvalue weighted by Gasteiger charge is -2.36. The molecule has 0 spiro atoms. The van der Waals surface area contributed by atoms with Crippen molar-refractivity contribution in [1.82, 2.24) is 25.0 Å². The number of nitrogens with zero attached hydrogens (tertiary/aromatic N) is 4. The zero-order valence-electron chi connectivity index (χ0n) is 26.7. The third-order valence-electron chi connectivity index (χ3n) is 8.71. The smallest absolute Gasteiger partial charge is 0.392 e. The standard InChI is InChI=1S/C35H36F3N5O5S/c1-42-21-40-41-34(42)49-20-27-17-30(24-10-8-22(19-44)9-11-24)48-32(47-27)25-14-12-23(13-15-25)28-6-3-2-5-26(28)18-39-31(45)29-7-4-16-43(29)33(46)35(36,37)38/h2-3,5-6,8-15,21,27,29-30,32,44H,4,7,16-20H2,1H3,(H,39,45). The van der Waals surface area contributed by atoms with Crippen LogP contribution >= 0.6 is 11.8 Å². The summed E-state index contributed by atoms with van der Waals surface area (Å²) in [5.74, 6) is -1.96. The van der Waals surface area contributed by atoms with Crippen molar-refractivity contribution in [3.8, 4) is 11.1 Å². The molecule has 2 aliphatic heterocycles. The second-order valence-corrected chi connectivity index (χ2v) is 13.0. The Labute approximate surface area is 285 Å². The molecule has 14 heteroatoms. The number of carbonyl (C=O) groups excluding carboxylic acids is 2.